The van der Waals surface area contributed by atoms with E-state index in [1.807, 2.05) is 24.3 Å². The summed E-state index contributed by atoms with van der Waals surface area (Å²) < 4.78 is 42.3. The predicted molar refractivity (Wildman–Crippen MR) is 243 cm³/mol. The molecule has 8 rings (SSSR count). The fourth-order valence-corrected chi connectivity index (χ4v) is 10.0. The number of hydrogen-bond acceptors (Lipinski definition) is 11. The van der Waals surface area contributed by atoms with Gasteiger partial charge in [-0.05, 0) is 122 Å². The Balaban J connectivity index is 0.996. The highest BCUT2D eigenvalue weighted by Crippen LogP contribution is 2.43. The van der Waals surface area contributed by atoms with E-state index >= 15 is 0 Å². The second kappa shape index (κ2) is 18.7. The number of sulfonamides is 1. The lowest BCUT2D eigenvalue weighted by atomic mass is 9.72. The number of allylic oxidation sites excluding steroid dienone is 1. The van der Waals surface area contributed by atoms with Gasteiger partial charge in [-0.2, -0.15) is 4.73 Å². The molecule has 3 heterocycles. The maximum atomic E-state index is 14.0. The van der Waals surface area contributed by atoms with Crippen LogP contribution in [-0.2, 0) is 14.8 Å². The van der Waals surface area contributed by atoms with Crippen LogP contribution in [0.4, 0.5) is 11.4 Å². The number of nitro groups is 1. The van der Waals surface area contributed by atoms with Gasteiger partial charge in [0.15, 0.2) is 17.1 Å². The van der Waals surface area contributed by atoms with E-state index < -0.39 is 31.4 Å². The summed E-state index contributed by atoms with van der Waals surface area (Å²) in [5.41, 5.74) is 5.05. The fraction of sp³-hybridized carbons (Fsp3) is 0.404. The summed E-state index contributed by atoms with van der Waals surface area (Å²) in [4.78, 5) is 40.4. The molecular formula is C47H53ClN6O8S. The zero-order valence-electron chi connectivity index (χ0n) is 35.8. The molecule has 2 aromatic heterocycles. The van der Waals surface area contributed by atoms with Crippen LogP contribution < -0.4 is 19.2 Å². The molecule has 3 aromatic carbocycles. The number of aromatic nitrogens is 2. The molecule has 1 aliphatic heterocycles. The van der Waals surface area contributed by atoms with E-state index in [1.165, 1.54) is 39.6 Å². The van der Waals surface area contributed by atoms with Crippen LogP contribution in [0.1, 0.15) is 74.7 Å². The lowest BCUT2D eigenvalue weighted by Gasteiger charge is -2.39. The smallest absolute Gasteiger partial charge is 0.312 e. The molecule has 1 saturated carbocycles. The number of ether oxygens (including phenoxy) is 2. The average Bonchev–Trinajstić information content (AvgIpc) is 3.69. The SMILES string of the molecule is COC1CCC(COc2ccc(S(=O)(=O)NC(=O)c3ccc(N4CCN(CC5=C(c6ccc(Cl)cc6)CC(C)(C)CC5)CC4)cc3On3ccc4cccnc43)cc2[N+](=O)[O-])CC1. The molecule has 0 atom stereocenters. The van der Waals surface area contributed by atoms with Gasteiger partial charge in [0.1, 0.15) is 0 Å². The van der Waals surface area contributed by atoms with Crippen molar-refractivity contribution in [3.8, 4) is 11.5 Å². The number of anilines is 1. The number of halogens is 1. The van der Waals surface area contributed by atoms with E-state index in [0.717, 1.165) is 99.8 Å². The Morgan fingerprint density at radius 3 is 2.46 bits per heavy atom. The fourth-order valence-electron chi connectivity index (χ4n) is 8.90. The molecule has 0 bridgehead atoms. The first-order valence-electron chi connectivity index (χ1n) is 21.4. The molecule has 0 radical (unpaired) electrons. The molecule has 14 nitrogen and oxygen atoms in total. The van der Waals surface area contributed by atoms with E-state index in [1.54, 1.807) is 37.7 Å². The summed E-state index contributed by atoms with van der Waals surface area (Å²) in [7, 11) is -2.90. The molecule has 1 N–H and O–H groups in total. The van der Waals surface area contributed by atoms with Crippen LogP contribution in [0, 0.1) is 21.4 Å². The van der Waals surface area contributed by atoms with Crippen LogP contribution in [0.25, 0.3) is 16.6 Å². The minimum Gasteiger partial charge on any atom is -0.487 e. The number of methoxy groups -OCH3 is 1. The molecule has 0 unspecified atom stereocenters. The van der Waals surface area contributed by atoms with Crippen molar-refractivity contribution >= 4 is 55.5 Å². The Bertz CT molecular complexity index is 2620. The number of nitrogens with zero attached hydrogens (tertiary/aromatic N) is 5. The van der Waals surface area contributed by atoms with Crippen LogP contribution >= 0.6 is 11.6 Å². The Labute approximate surface area is 372 Å². The van der Waals surface area contributed by atoms with E-state index in [2.05, 4.69) is 45.5 Å². The molecule has 1 amide bonds. The van der Waals surface area contributed by atoms with E-state index in [0.29, 0.717) is 5.65 Å². The third-order valence-corrected chi connectivity index (χ3v) is 14.2. The molecule has 2 aliphatic carbocycles. The monoisotopic (exact) mass is 896 g/mol. The number of amides is 1. The number of hydrogen-bond donors (Lipinski definition) is 1. The maximum absolute atomic E-state index is 14.0. The summed E-state index contributed by atoms with van der Waals surface area (Å²) in [6.07, 6.45) is 10.2. The molecule has 1 saturated heterocycles. The number of pyridine rings is 1. The van der Waals surface area contributed by atoms with Gasteiger partial charge in [-0.15, -0.1) is 0 Å². The van der Waals surface area contributed by atoms with Crippen molar-refractivity contribution < 1.29 is 32.4 Å². The first-order valence-corrected chi connectivity index (χ1v) is 23.3. The first kappa shape index (κ1) is 44.1. The highest BCUT2D eigenvalue weighted by atomic mass is 35.5. The van der Waals surface area contributed by atoms with Crippen LogP contribution in [0.3, 0.4) is 0 Å². The quantitative estimate of drug-likeness (QED) is 0.0838. The number of nitro benzene ring substituents is 1. The minimum atomic E-state index is -4.59. The maximum Gasteiger partial charge on any atom is 0.312 e. The molecule has 63 heavy (non-hydrogen) atoms. The molecule has 0 spiro atoms. The summed E-state index contributed by atoms with van der Waals surface area (Å²) >= 11 is 6.24. The first-order chi connectivity index (χ1) is 30.2. The zero-order chi connectivity index (χ0) is 44.3. The second-order valence-electron chi connectivity index (χ2n) is 17.5. The Morgan fingerprint density at radius 2 is 1.73 bits per heavy atom. The third kappa shape index (κ3) is 10.3. The molecule has 16 heteroatoms. The number of benzene rings is 3. The zero-order valence-corrected chi connectivity index (χ0v) is 37.4. The Hall–Kier alpha value is -5.48. The van der Waals surface area contributed by atoms with Crippen LogP contribution in [-0.4, -0.2) is 86.4 Å². The van der Waals surface area contributed by atoms with Crippen molar-refractivity contribution in [3.63, 3.8) is 0 Å². The van der Waals surface area contributed by atoms with Gasteiger partial charge in [-0.1, -0.05) is 43.2 Å². The van der Waals surface area contributed by atoms with E-state index in [4.69, 9.17) is 25.9 Å². The van der Waals surface area contributed by atoms with E-state index in [9.17, 15) is 23.3 Å². The number of rotatable bonds is 14. The highest BCUT2D eigenvalue weighted by molar-refractivity contribution is 7.90. The summed E-state index contributed by atoms with van der Waals surface area (Å²) in [6, 6.07) is 22.1. The largest absolute Gasteiger partial charge is 0.487 e. The summed E-state index contributed by atoms with van der Waals surface area (Å²) in [5.74, 6) is -0.724. The summed E-state index contributed by atoms with van der Waals surface area (Å²) in [5, 5.41) is 13.7. The average molecular weight is 897 g/mol. The topological polar surface area (TPSA) is 158 Å². The van der Waals surface area contributed by atoms with Crippen molar-refractivity contribution in [1.29, 1.82) is 0 Å². The van der Waals surface area contributed by atoms with Crippen molar-refractivity contribution in [3.05, 3.63) is 123 Å². The minimum absolute atomic E-state index is 0.0448. The lowest BCUT2D eigenvalue weighted by molar-refractivity contribution is -0.386. The van der Waals surface area contributed by atoms with Crippen LogP contribution in [0.2, 0.25) is 5.02 Å². The van der Waals surface area contributed by atoms with Gasteiger partial charge in [-0.25, -0.2) is 18.1 Å². The van der Waals surface area contributed by atoms with Crippen LogP contribution in [0.5, 0.6) is 11.5 Å². The molecule has 2 fully saturated rings. The standard InChI is InChI=1S/C47H53ClN6O8S/c1-47(2)20-18-35(41(29-47)33-8-10-36(48)11-9-33)30-51-23-25-52(26-24-51)37-12-16-40(44(27-37)62-53-22-19-34-5-4-21-49-45(34)53)46(55)50-63(58,59)39-15-17-43(42(28-39)54(56)57)61-31-32-6-13-38(60-3)14-7-32/h4-5,8-12,15-17,19,21-22,27-28,32,38H,6-7,13-14,18,20,23-26,29-31H2,1-3H3,(H,50,55). The van der Waals surface area contributed by atoms with Gasteiger partial charge >= 0.3 is 5.69 Å². The Kier molecular flexibility index (Phi) is 13.1. The van der Waals surface area contributed by atoms with Gasteiger partial charge in [0.25, 0.3) is 15.9 Å². The van der Waals surface area contributed by atoms with Gasteiger partial charge < -0.3 is 19.2 Å². The lowest BCUT2D eigenvalue weighted by Crippen LogP contribution is -2.47. The number of piperazine rings is 1. The van der Waals surface area contributed by atoms with Crippen LogP contribution in [0.15, 0.2) is 102 Å². The molecule has 3 aliphatic rings. The van der Waals surface area contributed by atoms with Crippen molar-refractivity contribution in [2.75, 3.05) is 51.3 Å². The van der Waals surface area contributed by atoms with Gasteiger partial charge in [0.05, 0.1) is 28.1 Å². The van der Waals surface area contributed by atoms with Gasteiger partial charge in [-0.3, -0.25) is 19.8 Å². The summed E-state index contributed by atoms with van der Waals surface area (Å²) in [6.45, 7) is 8.86. The molecular weight excluding hydrogens is 844 g/mol. The van der Waals surface area contributed by atoms with Crippen molar-refractivity contribution in [2.24, 2.45) is 11.3 Å². The molecule has 332 valence electrons. The van der Waals surface area contributed by atoms with Gasteiger partial charge in [0, 0.05) is 80.5 Å². The van der Waals surface area contributed by atoms with Crippen molar-refractivity contribution in [1.82, 2.24) is 19.3 Å². The number of nitrogens with one attached hydrogen (secondary N) is 1. The normalized spacial score (nSPS) is 19.5. The van der Waals surface area contributed by atoms with Gasteiger partial charge in [0.2, 0.25) is 0 Å². The predicted octanol–water partition coefficient (Wildman–Crippen LogP) is 8.93. The highest BCUT2D eigenvalue weighted by Gasteiger charge is 2.31. The number of fused-ring (bicyclic) bond motifs is 1. The van der Waals surface area contributed by atoms with E-state index in [-0.39, 0.29) is 41.1 Å². The third-order valence-electron chi connectivity index (χ3n) is 12.6. The number of carbonyl (C=O) groups excluding carboxylic acids is 1. The number of carbonyl (C=O) groups is 1. The second-order valence-corrected chi connectivity index (χ2v) is 19.7. The Morgan fingerprint density at radius 1 is 0.968 bits per heavy atom. The molecule has 5 aromatic rings. The van der Waals surface area contributed by atoms with Crippen molar-refractivity contribution in [2.45, 2.75) is 69.8 Å².